The fourth-order valence-corrected chi connectivity index (χ4v) is 5.03. The molecule has 2 amide bonds. The maximum Gasteiger partial charge on any atom is 0.370 e. The minimum Gasteiger partial charge on any atom is -0.477 e. The van der Waals surface area contributed by atoms with Gasteiger partial charge in [-0.15, -0.1) is 11.3 Å². The number of aromatic nitrogens is 1. The summed E-state index contributed by atoms with van der Waals surface area (Å²) in [5.74, 6) is -6.32. The Morgan fingerprint density at radius 1 is 1.50 bits per heavy atom. The zero-order valence-electron chi connectivity index (χ0n) is 16.7. The summed E-state index contributed by atoms with van der Waals surface area (Å²) in [4.78, 5) is 58.8. The Bertz CT molecular complexity index is 1080. The van der Waals surface area contributed by atoms with Crippen LogP contribution in [0.15, 0.2) is 10.5 Å². The summed E-state index contributed by atoms with van der Waals surface area (Å²) in [6, 6.07) is -2.15. The number of carboxylic acid groups (broad SMARTS) is 1. The van der Waals surface area contributed by atoms with Crippen molar-refractivity contribution in [3.05, 3.63) is 11.1 Å². The van der Waals surface area contributed by atoms with Crippen molar-refractivity contribution < 1.29 is 42.3 Å². The predicted molar refractivity (Wildman–Crippen MR) is 108 cm³/mol. The average Bonchev–Trinajstić information content (AvgIpc) is 3.27. The molecule has 0 spiro atoms. The van der Waals surface area contributed by atoms with E-state index in [1.807, 2.05) is 0 Å². The summed E-state index contributed by atoms with van der Waals surface area (Å²) in [5.41, 5.74) is 2.92. The number of nitrogen functional groups attached to an aromatic ring is 1. The monoisotopic (exact) mass is 489 g/mol. The largest absolute Gasteiger partial charge is 0.477 e. The van der Waals surface area contributed by atoms with Gasteiger partial charge in [-0.05, 0) is 6.92 Å². The lowest BCUT2D eigenvalue weighted by molar-refractivity contribution is -0.219. The molecule has 1 aromatic rings. The number of likely N-dealkylation sites (tertiary alicyclic amines) is 1. The van der Waals surface area contributed by atoms with E-state index >= 15 is 0 Å². The van der Waals surface area contributed by atoms with E-state index in [4.69, 9.17) is 10.5 Å². The van der Waals surface area contributed by atoms with Crippen LogP contribution in [0.1, 0.15) is 19.0 Å². The number of cyclic esters (lactones) is 1. The molecule has 0 aromatic carbocycles. The van der Waals surface area contributed by atoms with Gasteiger partial charge in [0.05, 0.1) is 24.1 Å². The number of esters is 1. The molecule has 16 heteroatoms. The Hall–Kier alpha value is -3.27. The summed E-state index contributed by atoms with van der Waals surface area (Å²) in [5, 5.41) is 17.4. The summed E-state index contributed by atoms with van der Waals surface area (Å²) < 4.78 is 27.5. The first-order valence-corrected chi connectivity index (χ1v) is 11.3. The molecule has 0 bridgehead atoms. The molecule has 3 rings (SSSR count). The molecular weight excluding hydrogens is 470 g/mol. The normalized spacial score (nSPS) is 27.8. The minimum absolute atomic E-state index is 0.106. The summed E-state index contributed by atoms with van der Waals surface area (Å²) in [6.07, 6.45) is -0.487. The number of nitrogens with two attached hydrogens (primary N) is 1. The second-order valence-corrected chi connectivity index (χ2v) is 8.91. The van der Waals surface area contributed by atoms with Gasteiger partial charge in [0.15, 0.2) is 10.8 Å². The third-order valence-corrected chi connectivity index (χ3v) is 6.52. The van der Waals surface area contributed by atoms with Crippen LogP contribution in [0.3, 0.4) is 0 Å². The molecule has 0 aliphatic carbocycles. The number of β-lactam (4-membered cyclic amide) rings is 1. The van der Waals surface area contributed by atoms with Crippen LogP contribution in [0, 0.1) is 5.92 Å². The maximum absolute atomic E-state index is 12.9. The van der Waals surface area contributed by atoms with Gasteiger partial charge in [0.2, 0.25) is 0 Å². The highest BCUT2D eigenvalue weighted by Gasteiger charge is 2.67. The molecule has 2 aliphatic rings. The molecule has 2 saturated heterocycles. The first-order valence-electron chi connectivity index (χ1n) is 9.06. The van der Waals surface area contributed by atoms with E-state index < -0.39 is 70.4 Å². The number of amides is 2. The van der Waals surface area contributed by atoms with Crippen molar-refractivity contribution in [2.24, 2.45) is 11.1 Å². The maximum atomic E-state index is 12.9. The van der Waals surface area contributed by atoms with E-state index in [-0.39, 0.29) is 16.5 Å². The predicted octanol–water partition coefficient (Wildman–Crippen LogP) is -2.25. The van der Waals surface area contributed by atoms with Crippen LogP contribution in [0.4, 0.5) is 5.13 Å². The Morgan fingerprint density at radius 3 is 2.69 bits per heavy atom. The van der Waals surface area contributed by atoms with E-state index in [0.29, 0.717) is 0 Å². The lowest BCUT2D eigenvalue weighted by atomic mass is 9.86. The number of rotatable bonds is 8. The highest BCUT2D eigenvalue weighted by molar-refractivity contribution is 7.72. The number of thiol groups is 1. The Labute approximate surface area is 186 Å². The van der Waals surface area contributed by atoms with Crippen molar-refractivity contribution in [2.45, 2.75) is 31.2 Å². The molecule has 0 unspecified atom stereocenters. The average molecular weight is 489 g/mol. The van der Waals surface area contributed by atoms with E-state index in [0.717, 1.165) is 16.2 Å². The highest BCUT2D eigenvalue weighted by Crippen LogP contribution is 2.42. The number of hydrogen-bond donors (Lipinski definition) is 4. The van der Waals surface area contributed by atoms with Gasteiger partial charge in [-0.1, -0.05) is 5.16 Å². The van der Waals surface area contributed by atoms with Crippen LogP contribution in [-0.2, 0) is 39.5 Å². The number of anilines is 1. The SMILES string of the molecule is CO/N=C(\C(=O)N[C@@H]1C(=O)N([C@@]2(C(=O)O)OC(=O)C[C@H]2C[SH](=O)=O)[C@@H]1C)c1csc(N)n1. The first-order chi connectivity index (χ1) is 15.0. The second-order valence-electron chi connectivity index (χ2n) is 6.99. The van der Waals surface area contributed by atoms with Crippen LogP contribution in [0.2, 0.25) is 0 Å². The molecule has 14 nitrogen and oxygen atoms in total. The molecule has 1 aromatic heterocycles. The van der Waals surface area contributed by atoms with E-state index in [9.17, 15) is 32.7 Å². The van der Waals surface area contributed by atoms with Crippen LogP contribution in [-0.4, -0.2) is 83.5 Å². The van der Waals surface area contributed by atoms with E-state index in [1.165, 1.54) is 19.4 Å². The van der Waals surface area contributed by atoms with Crippen LogP contribution in [0.5, 0.6) is 0 Å². The van der Waals surface area contributed by atoms with Crippen molar-refractivity contribution in [3.63, 3.8) is 0 Å². The zero-order valence-corrected chi connectivity index (χ0v) is 18.4. The van der Waals surface area contributed by atoms with Crippen molar-refractivity contribution in [2.75, 3.05) is 18.6 Å². The molecule has 2 aliphatic heterocycles. The number of aliphatic carboxylic acids is 1. The zero-order chi connectivity index (χ0) is 23.8. The summed E-state index contributed by atoms with van der Waals surface area (Å²) in [6.45, 7) is 1.42. The molecule has 0 saturated carbocycles. The molecule has 0 radical (unpaired) electrons. The van der Waals surface area contributed by atoms with Gasteiger partial charge < -0.3 is 25.7 Å². The van der Waals surface area contributed by atoms with Crippen molar-refractivity contribution in [1.29, 1.82) is 0 Å². The van der Waals surface area contributed by atoms with Gasteiger partial charge in [-0.25, -0.2) is 18.2 Å². The van der Waals surface area contributed by atoms with Crippen molar-refractivity contribution in [3.8, 4) is 0 Å². The molecule has 2 fully saturated rings. The Kier molecular flexibility index (Phi) is 6.36. The van der Waals surface area contributed by atoms with Crippen LogP contribution in [0.25, 0.3) is 0 Å². The third kappa shape index (κ3) is 3.86. The van der Waals surface area contributed by atoms with Gasteiger partial charge in [0.1, 0.15) is 29.5 Å². The number of carbonyl (C=O) groups excluding carboxylic acids is 3. The van der Waals surface area contributed by atoms with Crippen LogP contribution < -0.4 is 11.1 Å². The number of carboxylic acids is 1. The fraction of sp³-hybridized carbons (Fsp3) is 0.500. The fourth-order valence-electron chi connectivity index (χ4n) is 3.75. The van der Waals surface area contributed by atoms with Gasteiger partial charge in [0, 0.05) is 5.38 Å². The Balaban J connectivity index is 1.84. The number of oxime groups is 1. The molecule has 174 valence electrons. The first kappa shape index (κ1) is 23.4. The van der Waals surface area contributed by atoms with Crippen molar-refractivity contribution in [1.82, 2.24) is 15.2 Å². The van der Waals surface area contributed by atoms with E-state index in [2.05, 4.69) is 20.3 Å². The van der Waals surface area contributed by atoms with Gasteiger partial charge >= 0.3 is 11.9 Å². The quantitative estimate of drug-likeness (QED) is 0.101. The molecular formula is C16H19N5O9S2. The van der Waals surface area contributed by atoms with Crippen LogP contribution >= 0.6 is 11.3 Å². The Morgan fingerprint density at radius 2 is 2.19 bits per heavy atom. The molecule has 4 N–H and O–H groups in total. The standard InChI is InChI=1S/C16H19N5O9S2/c1-6-10(19-12(23)11(20-29-2)8-4-31-15(17)18-8)13(24)21(6)16(14(25)26)7(5-32(27)28)3-9(22)30-16/h4,6-7,10,32H,3,5H2,1-2H3,(H2,17,18)(H,19,23)(H,25,26)/b20-11-/t6-,7+,10+,16-/m1/s1. The summed E-state index contributed by atoms with van der Waals surface area (Å²) >= 11 is 1.05. The lowest BCUT2D eigenvalue weighted by Crippen LogP contribution is -2.79. The third-order valence-electron chi connectivity index (χ3n) is 5.11. The second kappa shape index (κ2) is 8.70. The van der Waals surface area contributed by atoms with Gasteiger partial charge in [0.25, 0.3) is 17.5 Å². The lowest BCUT2D eigenvalue weighted by Gasteiger charge is -2.52. The number of ether oxygens (including phenoxy) is 1. The molecule has 3 heterocycles. The minimum atomic E-state index is -3.06. The number of thiazole rings is 1. The van der Waals surface area contributed by atoms with Gasteiger partial charge in [-0.2, -0.15) is 0 Å². The number of carbonyl (C=O) groups is 4. The topological polar surface area (TPSA) is 208 Å². The smallest absolute Gasteiger partial charge is 0.370 e. The highest BCUT2D eigenvalue weighted by atomic mass is 32.2. The number of hydrogen-bond acceptors (Lipinski definition) is 12. The summed E-state index contributed by atoms with van der Waals surface area (Å²) in [7, 11) is -1.86. The molecule has 4 atom stereocenters. The van der Waals surface area contributed by atoms with Gasteiger partial charge in [-0.3, -0.25) is 19.3 Å². The van der Waals surface area contributed by atoms with E-state index in [1.54, 1.807) is 0 Å². The molecule has 32 heavy (non-hydrogen) atoms. The number of nitrogens with one attached hydrogen (secondary N) is 1. The number of nitrogens with zero attached hydrogens (tertiary/aromatic N) is 3. The van der Waals surface area contributed by atoms with Crippen molar-refractivity contribution >= 4 is 56.6 Å².